The summed E-state index contributed by atoms with van der Waals surface area (Å²) in [6.45, 7) is 7.49. The second-order valence-electron chi connectivity index (χ2n) is 9.77. The Balaban J connectivity index is 1.64. The lowest BCUT2D eigenvalue weighted by Gasteiger charge is -2.60. The van der Waals surface area contributed by atoms with Crippen LogP contribution in [0.3, 0.4) is 0 Å². The summed E-state index contributed by atoms with van der Waals surface area (Å²) in [5.41, 5.74) is 1.07. The highest BCUT2D eigenvalue weighted by Crippen LogP contribution is 2.67. The van der Waals surface area contributed by atoms with Crippen LogP contribution in [0.15, 0.2) is 0 Å². The average molecular weight is 305 g/mol. The molecule has 0 bridgehead atoms. The van der Waals surface area contributed by atoms with E-state index in [9.17, 15) is 5.11 Å². The van der Waals surface area contributed by atoms with E-state index in [1.165, 1.54) is 57.8 Å². The van der Waals surface area contributed by atoms with Crippen molar-refractivity contribution >= 4 is 0 Å². The van der Waals surface area contributed by atoms with Gasteiger partial charge in [0.05, 0.1) is 6.10 Å². The van der Waals surface area contributed by atoms with Crippen molar-refractivity contribution in [1.82, 2.24) is 0 Å². The van der Waals surface area contributed by atoms with Gasteiger partial charge in [-0.15, -0.1) is 0 Å². The van der Waals surface area contributed by atoms with Crippen LogP contribution in [0.25, 0.3) is 0 Å². The van der Waals surface area contributed by atoms with E-state index >= 15 is 0 Å². The second-order valence-corrected chi connectivity index (χ2v) is 9.77. The fraction of sp³-hybridized carbons (Fsp3) is 1.00. The van der Waals surface area contributed by atoms with E-state index in [0.717, 1.165) is 30.1 Å². The molecule has 4 fully saturated rings. The predicted molar refractivity (Wildman–Crippen MR) is 91.5 cm³/mol. The summed E-state index contributed by atoms with van der Waals surface area (Å²) in [5, 5.41) is 10.7. The zero-order chi connectivity index (χ0) is 15.5. The molecule has 1 N–H and O–H groups in total. The summed E-state index contributed by atoms with van der Waals surface area (Å²) in [7, 11) is 0. The van der Waals surface area contributed by atoms with Crippen LogP contribution in [0, 0.1) is 40.4 Å². The van der Waals surface area contributed by atoms with Crippen LogP contribution in [-0.4, -0.2) is 11.2 Å². The first-order valence-electron chi connectivity index (χ1n) is 10.2. The maximum absolute atomic E-state index is 10.7. The molecular formula is C21H36O. The molecule has 4 rings (SSSR count). The second kappa shape index (κ2) is 5.23. The summed E-state index contributed by atoms with van der Waals surface area (Å²) < 4.78 is 0. The first-order valence-corrected chi connectivity index (χ1v) is 10.2. The third-order valence-corrected chi connectivity index (χ3v) is 9.27. The molecule has 1 nitrogen and oxygen atoms in total. The van der Waals surface area contributed by atoms with E-state index in [2.05, 4.69) is 20.8 Å². The molecule has 4 aliphatic rings. The minimum Gasteiger partial charge on any atom is -0.393 e. The summed E-state index contributed by atoms with van der Waals surface area (Å²) in [6, 6.07) is 0. The number of rotatable bonds is 1. The van der Waals surface area contributed by atoms with Gasteiger partial charge in [-0.2, -0.15) is 0 Å². The molecule has 0 aromatic rings. The van der Waals surface area contributed by atoms with Crippen LogP contribution in [0.4, 0.5) is 0 Å². The lowest BCUT2D eigenvalue weighted by atomic mass is 9.45. The van der Waals surface area contributed by atoms with Crippen LogP contribution >= 0.6 is 0 Å². The number of hydrogen-bond acceptors (Lipinski definition) is 1. The standard InChI is InChI=1S/C21H36O/c1-4-16-19(22)13-18-15-9-8-14-7-5-6-11-20(14,2)17(15)10-12-21(16,18)3/h14-19,22H,4-13H2,1-3H3/t14-,15-,16-,17-,18-,19-,20+,21-/m1/s1. The average Bonchev–Trinajstić information content (AvgIpc) is 2.76. The third kappa shape index (κ3) is 1.93. The van der Waals surface area contributed by atoms with Crippen LogP contribution < -0.4 is 0 Å². The van der Waals surface area contributed by atoms with E-state index in [1.54, 1.807) is 0 Å². The highest BCUT2D eigenvalue weighted by molar-refractivity contribution is 5.10. The van der Waals surface area contributed by atoms with Gasteiger partial charge in [-0.05, 0) is 85.4 Å². The van der Waals surface area contributed by atoms with Gasteiger partial charge < -0.3 is 5.11 Å². The Bertz CT molecular complexity index is 426. The van der Waals surface area contributed by atoms with Crippen LogP contribution in [0.2, 0.25) is 0 Å². The summed E-state index contributed by atoms with van der Waals surface area (Å²) in [5.74, 6) is 4.28. The molecule has 0 aromatic heterocycles. The molecule has 8 atom stereocenters. The normalized spacial score (nSPS) is 57.8. The van der Waals surface area contributed by atoms with Gasteiger partial charge >= 0.3 is 0 Å². The Morgan fingerprint density at radius 1 is 0.909 bits per heavy atom. The van der Waals surface area contributed by atoms with Crippen molar-refractivity contribution in [3.8, 4) is 0 Å². The summed E-state index contributed by atoms with van der Waals surface area (Å²) in [4.78, 5) is 0. The van der Waals surface area contributed by atoms with Crippen molar-refractivity contribution in [3.63, 3.8) is 0 Å². The lowest BCUT2D eigenvalue weighted by Crippen LogP contribution is -2.52. The van der Waals surface area contributed by atoms with Gasteiger partial charge in [0.25, 0.3) is 0 Å². The van der Waals surface area contributed by atoms with Gasteiger partial charge in [0.15, 0.2) is 0 Å². The molecule has 0 saturated heterocycles. The predicted octanol–water partition coefficient (Wildman–Crippen LogP) is 5.42. The monoisotopic (exact) mass is 304 g/mol. The smallest absolute Gasteiger partial charge is 0.0576 e. The highest BCUT2D eigenvalue weighted by atomic mass is 16.3. The molecule has 4 saturated carbocycles. The molecule has 0 amide bonds. The largest absolute Gasteiger partial charge is 0.393 e. The number of fused-ring (bicyclic) bond motifs is 5. The zero-order valence-corrected chi connectivity index (χ0v) is 15.0. The van der Waals surface area contributed by atoms with E-state index in [4.69, 9.17) is 0 Å². The van der Waals surface area contributed by atoms with Crippen molar-refractivity contribution < 1.29 is 5.11 Å². The third-order valence-electron chi connectivity index (χ3n) is 9.27. The van der Waals surface area contributed by atoms with E-state index in [1.807, 2.05) is 0 Å². The Hall–Kier alpha value is -0.0400. The topological polar surface area (TPSA) is 20.2 Å². The highest BCUT2D eigenvalue weighted by Gasteiger charge is 2.61. The Kier molecular flexibility index (Phi) is 3.68. The van der Waals surface area contributed by atoms with Crippen LogP contribution in [0.5, 0.6) is 0 Å². The number of hydrogen-bond donors (Lipinski definition) is 1. The Morgan fingerprint density at radius 2 is 1.73 bits per heavy atom. The minimum atomic E-state index is -0.0179. The van der Waals surface area contributed by atoms with E-state index < -0.39 is 0 Å². The van der Waals surface area contributed by atoms with Gasteiger partial charge in [-0.25, -0.2) is 0 Å². The van der Waals surface area contributed by atoms with Crippen LogP contribution in [-0.2, 0) is 0 Å². The van der Waals surface area contributed by atoms with Gasteiger partial charge in [-0.3, -0.25) is 0 Å². The first-order chi connectivity index (χ1) is 10.5. The molecule has 0 unspecified atom stereocenters. The summed E-state index contributed by atoms with van der Waals surface area (Å²) in [6.07, 6.45) is 14.0. The fourth-order valence-electron chi connectivity index (χ4n) is 8.15. The summed E-state index contributed by atoms with van der Waals surface area (Å²) >= 11 is 0. The number of aliphatic hydroxyl groups excluding tert-OH is 1. The fourth-order valence-corrected chi connectivity index (χ4v) is 8.15. The molecule has 22 heavy (non-hydrogen) atoms. The van der Waals surface area contributed by atoms with Gasteiger partial charge in [-0.1, -0.05) is 40.0 Å². The van der Waals surface area contributed by atoms with Gasteiger partial charge in [0.1, 0.15) is 0 Å². The van der Waals surface area contributed by atoms with Crippen molar-refractivity contribution in [2.45, 2.75) is 91.1 Å². The quantitative estimate of drug-likeness (QED) is 0.686. The Labute approximate surface area is 137 Å². The van der Waals surface area contributed by atoms with Gasteiger partial charge in [0.2, 0.25) is 0 Å². The SMILES string of the molecule is CC[C@@H]1[C@H](O)C[C@@H]2[C@@H]3CC[C@H]4CCCC[C@]4(C)[C@@H]3CC[C@@]21C. The van der Waals surface area contributed by atoms with Crippen molar-refractivity contribution in [1.29, 1.82) is 0 Å². The minimum absolute atomic E-state index is 0.0179. The molecular weight excluding hydrogens is 268 g/mol. The molecule has 1 heteroatoms. The lowest BCUT2D eigenvalue weighted by molar-refractivity contribution is -0.111. The van der Waals surface area contributed by atoms with Crippen molar-refractivity contribution in [2.75, 3.05) is 0 Å². The molecule has 0 spiro atoms. The first kappa shape index (κ1) is 15.5. The maximum atomic E-state index is 10.7. The van der Waals surface area contributed by atoms with Gasteiger partial charge in [0, 0.05) is 0 Å². The molecule has 0 heterocycles. The zero-order valence-electron chi connectivity index (χ0n) is 15.0. The van der Waals surface area contributed by atoms with Crippen molar-refractivity contribution in [3.05, 3.63) is 0 Å². The molecule has 126 valence electrons. The number of aliphatic hydroxyl groups is 1. The Morgan fingerprint density at radius 3 is 2.50 bits per heavy atom. The molecule has 0 aromatic carbocycles. The molecule has 0 radical (unpaired) electrons. The van der Waals surface area contributed by atoms with Crippen LogP contribution in [0.1, 0.15) is 85.0 Å². The van der Waals surface area contributed by atoms with E-state index in [-0.39, 0.29) is 6.10 Å². The molecule has 0 aliphatic heterocycles. The van der Waals surface area contributed by atoms with Crippen molar-refractivity contribution in [2.24, 2.45) is 40.4 Å². The maximum Gasteiger partial charge on any atom is 0.0576 e. The molecule has 4 aliphatic carbocycles. The van der Waals surface area contributed by atoms with E-state index in [0.29, 0.717) is 16.7 Å².